The molecule has 1 amide bonds. The molecule has 0 radical (unpaired) electrons. The number of hydrogen-bond donors (Lipinski definition) is 2. The Morgan fingerprint density at radius 1 is 1.03 bits per heavy atom. The van der Waals surface area contributed by atoms with Gasteiger partial charge in [-0.2, -0.15) is 0 Å². The first-order chi connectivity index (χ1) is 14.2. The van der Waals surface area contributed by atoms with Gasteiger partial charge < -0.3 is 14.8 Å². The number of nitrogens with one attached hydrogen (secondary N) is 2. The van der Waals surface area contributed by atoms with E-state index in [1.54, 1.807) is 38.1 Å². The molecule has 0 aliphatic heterocycles. The number of hydrogen-bond acceptors (Lipinski definition) is 6. The summed E-state index contributed by atoms with van der Waals surface area (Å²) in [5.74, 6) is -0.895. The van der Waals surface area contributed by atoms with Crippen LogP contribution in [0.2, 0.25) is 0 Å². The number of benzene rings is 2. The molecule has 1 unspecified atom stereocenters. The fraction of sp³-hybridized carbons (Fsp3) is 0.333. The molecule has 0 spiro atoms. The zero-order chi connectivity index (χ0) is 22.3. The molecule has 2 aromatic rings. The van der Waals surface area contributed by atoms with Crippen molar-refractivity contribution in [2.45, 2.75) is 37.2 Å². The highest BCUT2D eigenvalue weighted by Gasteiger charge is 2.24. The number of carbonyl (C=O) groups excluding carboxylic acids is 2. The van der Waals surface area contributed by atoms with Crippen LogP contribution in [-0.4, -0.2) is 40.6 Å². The molecular formula is C21H26N2O6S. The van der Waals surface area contributed by atoms with E-state index >= 15 is 0 Å². The lowest BCUT2D eigenvalue weighted by Gasteiger charge is -2.19. The predicted molar refractivity (Wildman–Crippen MR) is 112 cm³/mol. The Balaban J connectivity index is 2.36. The van der Waals surface area contributed by atoms with Gasteiger partial charge in [-0.1, -0.05) is 30.3 Å². The van der Waals surface area contributed by atoms with E-state index in [9.17, 15) is 18.0 Å². The zero-order valence-electron chi connectivity index (χ0n) is 17.3. The van der Waals surface area contributed by atoms with Gasteiger partial charge in [-0.15, -0.1) is 0 Å². The second-order valence-corrected chi connectivity index (χ2v) is 8.54. The highest BCUT2D eigenvalue weighted by Crippen LogP contribution is 2.26. The van der Waals surface area contributed by atoms with Crippen molar-refractivity contribution in [3.8, 4) is 5.75 Å². The summed E-state index contributed by atoms with van der Waals surface area (Å²) in [6.07, 6.45) is -0.0670. The smallest absolute Gasteiger partial charge is 0.307 e. The first-order valence-corrected chi connectivity index (χ1v) is 10.8. The summed E-state index contributed by atoms with van der Waals surface area (Å²) in [7, 11) is -1.27. The maximum Gasteiger partial charge on any atom is 0.307 e. The molecule has 0 bridgehead atoms. The summed E-state index contributed by atoms with van der Waals surface area (Å²) in [6, 6.07) is 12.1. The fourth-order valence-corrected chi connectivity index (χ4v) is 4.28. The molecule has 2 rings (SSSR count). The van der Waals surface area contributed by atoms with Crippen molar-refractivity contribution in [1.82, 2.24) is 10.0 Å². The van der Waals surface area contributed by atoms with Gasteiger partial charge in [0.15, 0.2) is 0 Å². The van der Waals surface area contributed by atoms with Crippen LogP contribution in [0.25, 0.3) is 0 Å². The minimum absolute atomic E-state index is 0.0670. The molecule has 162 valence electrons. The van der Waals surface area contributed by atoms with Crippen molar-refractivity contribution >= 4 is 21.9 Å². The summed E-state index contributed by atoms with van der Waals surface area (Å²) < 4.78 is 37.6. The van der Waals surface area contributed by atoms with E-state index in [-0.39, 0.29) is 28.7 Å². The molecule has 0 aromatic heterocycles. The van der Waals surface area contributed by atoms with E-state index in [0.717, 1.165) is 5.56 Å². The average Bonchev–Trinajstić information content (AvgIpc) is 2.72. The summed E-state index contributed by atoms with van der Waals surface area (Å²) in [4.78, 5) is 24.5. The number of amides is 1. The molecule has 0 aliphatic rings. The molecule has 1 atom stereocenters. The second kappa shape index (κ2) is 10.2. The average molecular weight is 435 g/mol. The number of sulfonamides is 1. The fourth-order valence-electron chi connectivity index (χ4n) is 2.83. The molecule has 0 saturated carbocycles. The molecule has 8 nitrogen and oxygen atoms in total. The van der Waals surface area contributed by atoms with Crippen LogP contribution in [0.1, 0.15) is 42.2 Å². The Bertz CT molecular complexity index is 990. The van der Waals surface area contributed by atoms with Crippen LogP contribution < -0.4 is 14.8 Å². The Morgan fingerprint density at radius 2 is 1.70 bits per heavy atom. The number of esters is 1. The van der Waals surface area contributed by atoms with Crippen LogP contribution in [-0.2, 0) is 19.6 Å². The monoisotopic (exact) mass is 434 g/mol. The molecule has 0 aliphatic carbocycles. The van der Waals surface area contributed by atoms with E-state index in [0.29, 0.717) is 0 Å². The van der Waals surface area contributed by atoms with Crippen LogP contribution in [0.5, 0.6) is 5.75 Å². The molecule has 0 fully saturated rings. The lowest BCUT2D eigenvalue weighted by atomic mass is 10.0. The van der Waals surface area contributed by atoms with E-state index < -0.39 is 27.9 Å². The van der Waals surface area contributed by atoms with Gasteiger partial charge in [-0.05, 0) is 37.6 Å². The van der Waals surface area contributed by atoms with Gasteiger partial charge in [-0.3, -0.25) is 9.59 Å². The van der Waals surface area contributed by atoms with Crippen LogP contribution in [0.15, 0.2) is 53.4 Å². The normalized spacial score (nSPS) is 12.3. The van der Waals surface area contributed by atoms with Gasteiger partial charge in [0.05, 0.1) is 26.7 Å². The van der Waals surface area contributed by atoms with Crippen molar-refractivity contribution in [2.75, 3.05) is 14.2 Å². The third-order valence-electron chi connectivity index (χ3n) is 4.21. The molecule has 2 aromatic carbocycles. The third kappa shape index (κ3) is 6.04. The Hall–Kier alpha value is -2.91. The number of methoxy groups -OCH3 is 2. The van der Waals surface area contributed by atoms with Gasteiger partial charge in [0.1, 0.15) is 10.6 Å². The summed E-state index contributed by atoms with van der Waals surface area (Å²) >= 11 is 0. The van der Waals surface area contributed by atoms with E-state index in [1.165, 1.54) is 32.4 Å². The van der Waals surface area contributed by atoms with Gasteiger partial charge in [0.25, 0.3) is 5.91 Å². The molecule has 9 heteroatoms. The minimum Gasteiger partial charge on any atom is -0.495 e. The standard InChI is InChI=1S/C21H26N2O6S/c1-14(2)23-30(26,27)19-12-16(10-11-18(19)28-3)21(25)22-17(13-20(24)29-4)15-8-6-5-7-9-15/h5-12,14,17,23H,13H2,1-4H3,(H,22,25). The summed E-state index contributed by atoms with van der Waals surface area (Å²) in [5, 5.41) is 2.78. The van der Waals surface area contributed by atoms with E-state index in [4.69, 9.17) is 9.47 Å². The molecule has 0 heterocycles. The molecule has 0 saturated heterocycles. The minimum atomic E-state index is -3.89. The van der Waals surface area contributed by atoms with Crippen molar-refractivity contribution in [3.63, 3.8) is 0 Å². The maximum atomic E-state index is 12.9. The van der Waals surface area contributed by atoms with Gasteiger partial charge in [0.2, 0.25) is 10.0 Å². The van der Waals surface area contributed by atoms with Crippen molar-refractivity contribution in [3.05, 3.63) is 59.7 Å². The summed E-state index contributed by atoms with van der Waals surface area (Å²) in [6.45, 7) is 3.38. The molecule has 30 heavy (non-hydrogen) atoms. The van der Waals surface area contributed by atoms with Gasteiger partial charge >= 0.3 is 5.97 Å². The highest BCUT2D eigenvalue weighted by molar-refractivity contribution is 7.89. The van der Waals surface area contributed by atoms with Crippen molar-refractivity contribution in [1.29, 1.82) is 0 Å². The number of carbonyl (C=O) groups is 2. The van der Waals surface area contributed by atoms with Crippen LogP contribution in [0.3, 0.4) is 0 Å². The first-order valence-electron chi connectivity index (χ1n) is 9.31. The Labute approximate surface area is 176 Å². The van der Waals surface area contributed by atoms with Crippen molar-refractivity contribution < 1.29 is 27.5 Å². The second-order valence-electron chi connectivity index (χ2n) is 6.86. The number of ether oxygens (including phenoxy) is 2. The van der Waals surface area contributed by atoms with Gasteiger partial charge in [-0.25, -0.2) is 13.1 Å². The van der Waals surface area contributed by atoms with E-state index in [2.05, 4.69) is 10.0 Å². The maximum absolute atomic E-state index is 12.9. The Kier molecular flexibility index (Phi) is 7.96. The predicted octanol–water partition coefficient (Wildman–Crippen LogP) is 2.42. The van der Waals surface area contributed by atoms with Crippen LogP contribution >= 0.6 is 0 Å². The van der Waals surface area contributed by atoms with E-state index in [1.807, 2.05) is 6.07 Å². The zero-order valence-corrected chi connectivity index (χ0v) is 18.2. The molecule has 2 N–H and O–H groups in total. The Morgan fingerprint density at radius 3 is 2.27 bits per heavy atom. The lowest BCUT2D eigenvalue weighted by Crippen LogP contribution is -2.32. The third-order valence-corrected chi connectivity index (χ3v) is 5.89. The van der Waals surface area contributed by atoms with Crippen molar-refractivity contribution in [2.24, 2.45) is 0 Å². The van der Waals surface area contributed by atoms with Crippen LogP contribution in [0.4, 0.5) is 0 Å². The van der Waals surface area contributed by atoms with Gasteiger partial charge in [0, 0.05) is 11.6 Å². The largest absolute Gasteiger partial charge is 0.495 e. The molecular weight excluding hydrogens is 408 g/mol. The first kappa shape index (κ1) is 23.4. The number of rotatable bonds is 9. The SMILES string of the molecule is COC(=O)CC(NC(=O)c1ccc(OC)c(S(=O)(=O)NC(C)C)c1)c1ccccc1. The quantitative estimate of drug-likeness (QED) is 0.587. The topological polar surface area (TPSA) is 111 Å². The summed E-state index contributed by atoms with van der Waals surface area (Å²) in [5.41, 5.74) is 0.838. The highest BCUT2D eigenvalue weighted by atomic mass is 32.2. The van der Waals surface area contributed by atoms with Crippen LogP contribution in [0, 0.1) is 0 Å². The lowest BCUT2D eigenvalue weighted by molar-refractivity contribution is -0.141.